The third-order valence-electron chi connectivity index (χ3n) is 3.19. The number of nitrogens with one attached hydrogen (secondary N) is 1. The Kier molecular flexibility index (Phi) is 3.18. The maximum Gasteiger partial charge on any atom is 0.125 e. The van der Waals surface area contributed by atoms with E-state index in [1.807, 2.05) is 6.07 Å². The number of hydrogen-bond donors (Lipinski definition) is 1. The number of hydrogen-bond acceptors (Lipinski definition) is 1. The molecule has 0 aliphatic carbocycles. The molecule has 90 valence electrons. The van der Waals surface area contributed by atoms with Gasteiger partial charge in [-0.05, 0) is 43.7 Å². The van der Waals surface area contributed by atoms with Gasteiger partial charge in [0.25, 0.3) is 0 Å². The van der Waals surface area contributed by atoms with Crippen molar-refractivity contribution in [2.24, 2.45) is 7.05 Å². The summed E-state index contributed by atoms with van der Waals surface area (Å²) in [4.78, 5) is 0. The molecule has 1 heterocycles. The van der Waals surface area contributed by atoms with Crippen molar-refractivity contribution in [3.05, 3.63) is 53.1 Å². The molecule has 2 aromatic rings. The summed E-state index contributed by atoms with van der Waals surface area (Å²) in [6.45, 7) is 4.89. The Morgan fingerprint density at radius 2 is 2.00 bits per heavy atom. The predicted octanol–water partition coefficient (Wildman–Crippen LogP) is 3.39. The average Bonchev–Trinajstić information content (AvgIpc) is 2.54. The minimum absolute atomic E-state index is 0.212. The molecule has 0 saturated carbocycles. The first kappa shape index (κ1) is 11.7. The minimum Gasteiger partial charge on any atom is -0.381 e. The first-order chi connectivity index (χ1) is 8.08. The standard InChI is InChI=1S/C14H17FN2/c1-10-7-12(11(2)17(10)3)9-16-14-6-4-5-13(15)8-14/h4-8,16H,9H2,1-3H3. The van der Waals surface area contributed by atoms with Crippen molar-refractivity contribution in [2.45, 2.75) is 20.4 Å². The second kappa shape index (κ2) is 4.62. The molecular weight excluding hydrogens is 215 g/mol. The number of nitrogens with zero attached hydrogens (tertiary/aromatic N) is 1. The van der Waals surface area contributed by atoms with Crippen molar-refractivity contribution in [3.63, 3.8) is 0 Å². The number of aromatic nitrogens is 1. The monoisotopic (exact) mass is 232 g/mol. The van der Waals surface area contributed by atoms with Gasteiger partial charge in [0.05, 0.1) is 0 Å². The van der Waals surface area contributed by atoms with Crippen LogP contribution in [0.1, 0.15) is 17.0 Å². The van der Waals surface area contributed by atoms with Gasteiger partial charge in [0.1, 0.15) is 5.82 Å². The summed E-state index contributed by atoms with van der Waals surface area (Å²) in [6.07, 6.45) is 0. The fourth-order valence-electron chi connectivity index (χ4n) is 1.91. The highest BCUT2D eigenvalue weighted by Crippen LogP contribution is 2.16. The molecule has 3 heteroatoms. The lowest BCUT2D eigenvalue weighted by Crippen LogP contribution is -2.01. The van der Waals surface area contributed by atoms with Crippen LogP contribution < -0.4 is 5.32 Å². The smallest absolute Gasteiger partial charge is 0.125 e. The Bertz CT molecular complexity index is 529. The molecular formula is C14H17FN2. The number of benzene rings is 1. The first-order valence-corrected chi connectivity index (χ1v) is 5.69. The fraction of sp³-hybridized carbons (Fsp3) is 0.286. The summed E-state index contributed by atoms with van der Waals surface area (Å²) in [6, 6.07) is 8.69. The zero-order valence-electron chi connectivity index (χ0n) is 10.4. The van der Waals surface area contributed by atoms with E-state index in [1.54, 1.807) is 6.07 Å². The van der Waals surface area contributed by atoms with Crippen molar-refractivity contribution in [1.82, 2.24) is 4.57 Å². The van der Waals surface area contributed by atoms with Gasteiger partial charge in [-0.25, -0.2) is 4.39 Å². The van der Waals surface area contributed by atoms with Crippen LogP contribution in [-0.2, 0) is 13.6 Å². The lowest BCUT2D eigenvalue weighted by molar-refractivity contribution is 0.628. The van der Waals surface area contributed by atoms with E-state index in [1.165, 1.54) is 29.1 Å². The van der Waals surface area contributed by atoms with Gasteiger partial charge >= 0.3 is 0 Å². The highest BCUT2D eigenvalue weighted by Gasteiger charge is 2.05. The predicted molar refractivity (Wildman–Crippen MR) is 68.6 cm³/mol. The molecule has 1 aromatic heterocycles. The van der Waals surface area contributed by atoms with E-state index in [2.05, 4.69) is 36.8 Å². The van der Waals surface area contributed by atoms with E-state index in [-0.39, 0.29) is 5.82 Å². The lowest BCUT2D eigenvalue weighted by atomic mass is 10.2. The average molecular weight is 232 g/mol. The van der Waals surface area contributed by atoms with Crippen LogP contribution in [0.2, 0.25) is 0 Å². The quantitative estimate of drug-likeness (QED) is 0.858. The van der Waals surface area contributed by atoms with Gasteiger partial charge in [-0.1, -0.05) is 6.07 Å². The maximum atomic E-state index is 13.0. The Morgan fingerprint density at radius 1 is 1.24 bits per heavy atom. The van der Waals surface area contributed by atoms with Crippen LogP contribution in [0.5, 0.6) is 0 Å². The molecule has 0 bridgehead atoms. The van der Waals surface area contributed by atoms with Gasteiger partial charge < -0.3 is 9.88 Å². The summed E-state index contributed by atoms with van der Waals surface area (Å²) >= 11 is 0. The number of rotatable bonds is 3. The highest BCUT2D eigenvalue weighted by molar-refractivity contribution is 5.44. The van der Waals surface area contributed by atoms with E-state index in [0.717, 1.165) is 12.2 Å². The summed E-state index contributed by atoms with van der Waals surface area (Å²) in [7, 11) is 2.05. The Balaban J connectivity index is 2.10. The SMILES string of the molecule is Cc1cc(CNc2cccc(F)c2)c(C)n1C. The first-order valence-electron chi connectivity index (χ1n) is 5.69. The molecule has 2 nitrogen and oxygen atoms in total. The third-order valence-corrected chi connectivity index (χ3v) is 3.19. The molecule has 0 atom stereocenters. The molecule has 0 spiro atoms. The maximum absolute atomic E-state index is 13.0. The fourth-order valence-corrected chi connectivity index (χ4v) is 1.91. The van der Waals surface area contributed by atoms with Crippen LogP contribution in [-0.4, -0.2) is 4.57 Å². The molecule has 2 rings (SSSR count). The summed E-state index contributed by atoms with van der Waals surface area (Å²) in [5.41, 5.74) is 4.53. The topological polar surface area (TPSA) is 17.0 Å². The normalized spacial score (nSPS) is 10.6. The molecule has 1 N–H and O–H groups in total. The second-order valence-electron chi connectivity index (χ2n) is 4.32. The largest absolute Gasteiger partial charge is 0.381 e. The molecule has 0 unspecified atom stereocenters. The van der Waals surface area contributed by atoms with Crippen molar-refractivity contribution >= 4 is 5.69 Å². The van der Waals surface area contributed by atoms with Gasteiger partial charge in [0.15, 0.2) is 0 Å². The van der Waals surface area contributed by atoms with Crippen molar-refractivity contribution in [3.8, 4) is 0 Å². The van der Waals surface area contributed by atoms with Crippen LogP contribution in [0, 0.1) is 19.7 Å². The molecule has 0 aliphatic rings. The van der Waals surface area contributed by atoms with E-state index in [0.29, 0.717) is 0 Å². The van der Waals surface area contributed by atoms with Crippen molar-refractivity contribution in [2.75, 3.05) is 5.32 Å². The van der Waals surface area contributed by atoms with Crippen molar-refractivity contribution < 1.29 is 4.39 Å². The van der Waals surface area contributed by atoms with Gasteiger partial charge in [-0.2, -0.15) is 0 Å². The summed E-state index contributed by atoms with van der Waals surface area (Å²) < 4.78 is 15.2. The highest BCUT2D eigenvalue weighted by atomic mass is 19.1. The van der Waals surface area contributed by atoms with Crippen LogP contribution in [0.4, 0.5) is 10.1 Å². The number of anilines is 1. The second-order valence-corrected chi connectivity index (χ2v) is 4.32. The van der Waals surface area contributed by atoms with Crippen molar-refractivity contribution in [1.29, 1.82) is 0 Å². The molecule has 0 amide bonds. The van der Waals surface area contributed by atoms with Crippen LogP contribution in [0.3, 0.4) is 0 Å². The molecule has 17 heavy (non-hydrogen) atoms. The van der Waals surface area contributed by atoms with E-state index < -0.39 is 0 Å². The van der Waals surface area contributed by atoms with Gasteiger partial charge in [0, 0.05) is 30.7 Å². The number of aryl methyl sites for hydroxylation is 1. The third kappa shape index (κ3) is 2.49. The molecule has 0 aliphatic heterocycles. The van der Waals surface area contributed by atoms with Crippen LogP contribution in [0.15, 0.2) is 30.3 Å². The van der Waals surface area contributed by atoms with Crippen LogP contribution >= 0.6 is 0 Å². The van der Waals surface area contributed by atoms with Gasteiger partial charge in [-0.15, -0.1) is 0 Å². The van der Waals surface area contributed by atoms with E-state index >= 15 is 0 Å². The Morgan fingerprint density at radius 3 is 2.59 bits per heavy atom. The molecule has 0 radical (unpaired) electrons. The zero-order chi connectivity index (χ0) is 12.4. The van der Waals surface area contributed by atoms with E-state index in [9.17, 15) is 4.39 Å². The van der Waals surface area contributed by atoms with Gasteiger partial charge in [-0.3, -0.25) is 0 Å². The minimum atomic E-state index is -0.212. The molecule has 0 fully saturated rings. The zero-order valence-corrected chi connectivity index (χ0v) is 10.4. The van der Waals surface area contributed by atoms with E-state index in [4.69, 9.17) is 0 Å². The number of halogens is 1. The Labute approximate surface area is 101 Å². The Hall–Kier alpha value is -1.77. The molecule has 0 saturated heterocycles. The van der Waals surface area contributed by atoms with Crippen LogP contribution in [0.25, 0.3) is 0 Å². The molecule has 1 aromatic carbocycles. The van der Waals surface area contributed by atoms with Gasteiger partial charge in [0.2, 0.25) is 0 Å². The lowest BCUT2D eigenvalue weighted by Gasteiger charge is -2.06. The summed E-state index contributed by atoms with van der Waals surface area (Å²) in [5.74, 6) is -0.212. The summed E-state index contributed by atoms with van der Waals surface area (Å²) in [5, 5.41) is 3.23.